The van der Waals surface area contributed by atoms with E-state index in [1.54, 1.807) is 25.3 Å². The largest absolute Gasteiger partial charge is 0.481 e. The number of pyridine rings is 1. The summed E-state index contributed by atoms with van der Waals surface area (Å²) in [5.41, 5.74) is 2.67. The zero-order valence-corrected chi connectivity index (χ0v) is 14.6. The summed E-state index contributed by atoms with van der Waals surface area (Å²) in [5.74, 6) is 1.92. The van der Waals surface area contributed by atoms with Crippen LogP contribution in [0.15, 0.2) is 42.5 Å². The number of fused-ring (bicyclic) bond motifs is 1. The number of methoxy groups -OCH3 is 1. The smallest absolute Gasteiger partial charge is 0.254 e. The van der Waals surface area contributed by atoms with Crippen molar-refractivity contribution in [3.63, 3.8) is 0 Å². The fourth-order valence-corrected chi connectivity index (χ4v) is 3.22. The molecule has 0 saturated carbocycles. The Bertz CT molecular complexity index is 863. The van der Waals surface area contributed by atoms with Crippen LogP contribution in [0.25, 0.3) is 5.57 Å². The first kappa shape index (κ1) is 16.4. The highest BCUT2D eigenvalue weighted by Gasteiger charge is 2.22. The van der Waals surface area contributed by atoms with Gasteiger partial charge in [0.2, 0.25) is 12.7 Å². The van der Waals surface area contributed by atoms with Crippen LogP contribution in [0.2, 0.25) is 0 Å². The molecule has 0 aliphatic carbocycles. The maximum Gasteiger partial charge on any atom is 0.254 e. The molecule has 0 bridgehead atoms. The first-order valence-electron chi connectivity index (χ1n) is 8.64. The molecular formula is C20H20N2O4. The monoisotopic (exact) mass is 352 g/mol. The molecule has 4 rings (SSSR count). The van der Waals surface area contributed by atoms with Crippen molar-refractivity contribution in [2.45, 2.75) is 12.8 Å². The van der Waals surface area contributed by atoms with Crippen LogP contribution in [0, 0.1) is 0 Å². The molecule has 0 radical (unpaired) electrons. The molecule has 26 heavy (non-hydrogen) atoms. The molecule has 6 heteroatoms. The van der Waals surface area contributed by atoms with Crippen LogP contribution in [0.5, 0.6) is 17.4 Å². The van der Waals surface area contributed by atoms with Gasteiger partial charge in [-0.2, -0.15) is 0 Å². The average molecular weight is 352 g/mol. The van der Waals surface area contributed by atoms with Gasteiger partial charge in [0.1, 0.15) is 0 Å². The number of aromatic nitrogens is 1. The summed E-state index contributed by atoms with van der Waals surface area (Å²) in [7, 11) is 1.61. The normalized spacial score (nSPS) is 16.0. The summed E-state index contributed by atoms with van der Waals surface area (Å²) in [6.07, 6.45) is 3.72. The third kappa shape index (κ3) is 3.22. The first-order chi connectivity index (χ1) is 12.7. The molecule has 6 nitrogen and oxygen atoms in total. The van der Waals surface area contributed by atoms with Gasteiger partial charge in [0, 0.05) is 24.7 Å². The Labute approximate surface area is 152 Å². The van der Waals surface area contributed by atoms with Crippen molar-refractivity contribution in [1.82, 2.24) is 9.88 Å². The van der Waals surface area contributed by atoms with E-state index in [-0.39, 0.29) is 12.7 Å². The minimum atomic E-state index is 0.0107. The van der Waals surface area contributed by atoms with Gasteiger partial charge in [0.05, 0.1) is 12.8 Å². The van der Waals surface area contributed by atoms with Gasteiger partial charge in [-0.05, 0) is 42.7 Å². The quantitative estimate of drug-likeness (QED) is 0.849. The number of rotatable bonds is 3. The molecular weight excluding hydrogens is 332 g/mol. The van der Waals surface area contributed by atoms with E-state index in [1.807, 2.05) is 23.1 Å². The molecule has 1 amide bonds. The third-order valence-electron chi connectivity index (χ3n) is 4.61. The number of benzene rings is 1. The molecule has 2 aliphatic heterocycles. The van der Waals surface area contributed by atoms with E-state index in [0.717, 1.165) is 24.1 Å². The summed E-state index contributed by atoms with van der Waals surface area (Å²) < 4.78 is 15.9. The van der Waals surface area contributed by atoms with E-state index in [1.165, 1.54) is 0 Å². The van der Waals surface area contributed by atoms with Gasteiger partial charge in [-0.1, -0.05) is 12.1 Å². The highest BCUT2D eigenvalue weighted by molar-refractivity contribution is 5.95. The van der Waals surface area contributed by atoms with Crippen LogP contribution < -0.4 is 14.2 Å². The Kier molecular flexibility index (Phi) is 4.48. The molecule has 0 fully saturated rings. The minimum absolute atomic E-state index is 0.0107. The van der Waals surface area contributed by atoms with Crippen molar-refractivity contribution in [3.05, 3.63) is 53.7 Å². The average Bonchev–Trinajstić information content (AvgIpc) is 3.02. The predicted molar refractivity (Wildman–Crippen MR) is 96.5 cm³/mol. The van der Waals surface area contributed by atoms with E-state index in [9.17, 15) is 4.79 Å². The van der Waals surface area contributed by atoms with Crippen molar-refractivity contribution in [1.29, 1.82) is 0 Å². The number of hydrogen-bond donors (Lipinski definition) is 0. The maximum atomic E-state index is 12.9. The number of ether oxygens (including phenoxy) is 3. The standard InChI is InChI=1S/C20H20N2O4/c1-24-19-6-2-5-16(21-19)14-4-3-10-22(11-9-14)20(23)15-7-8-17-18(12-15)26-13-25-17/h2,4-8,12H,3,9-11,13H2,1H3. The Morgan fingerprint density at radius 3 is 2.92 bits per heavy atom. The van der Waals surface area contributed by atoms with Gasteiger partial charge in [-0.25, -0.2) is 4.98 Å². The highest BCUT2D eigenvalue weighted by Crippen LogP contribution is 2.33. The lowest BCUT2D eigenvalue weighted by molar-refractivity contribution is 0.0764. The molecule has 1 aromatic carbocycles. The maximum absolute atomic E-state index is 12.9. The van der Waals surface area contributed by atoms with E-state index in [4.69, 9.17) is 14.2 Å². The molecule has 0 N–H and O–H groups in total. The zero-order valence-electron chi connectivity index (χ0n) is 14.6. The summed E-state index contributed by atoms with van der Waals surface area (Å²) in [5, 5.41) is 0. The molecule has 0 atom stereocenters. The van der Waals surface area contributed by atoms with Crippen LogP contribution >= 0.6 is 0 Å². The lowest BCUT2D eigenvalue weighted by Crippen LogP contribution is -2.32. The fraction of sp³-hybridized carbons (Fsp3) is 0.300. The number of carbonyl (C=O) groups excluding carboxylic acids is 1. The Morgan fingerprint density at radius 2 is 2.04 bits per heavy atom. The van der Waals surface area contributed by atoms with E-state index in [2.05, 4.69) is 11.1 Å². The summed E-state index contributed by atoms with van der Waals surface area (Å²) in [4.78, 5) is 19.2. The fourth-order valence-electron chi connectivity index (χ4n) is 3.22. The SMILES string of the molecule is COc1cccc(C2=CCCN(C(=O)c3ccc4c(c3)OCO4)CC2)n1. The lowest BCUT2D eigenvalue weighted by atomic mass is 10.1. The van der Waals surface area contributed by atoms with Crippen molar-refractivity contribution in [2.24, 2.45) is 0 Å². The molecule has 0 unspecified atom stereocenters. The summed E-state index contributed by atoms with van der Waals surface area (Å²) >= 11 is 0. The Hall–Kier alpha value is -3.02. The van der Waals surface area contributed by atoms with E-state index in [0.29, 0.717) is 36.0 Å². The predicted octanol–water partition coefficient (Wildman–Crippen LogP) is 3.14. The van der Waals surface area contributed by atoms with Crippen molar-refractivity contribution < 1.29 is 19.0 Å². The van der Waals surface area contributed by atoms with E-state index < -0.39 is 0 Å². The molecule has 1 aromatic heterocycles. The first-order valence-corrected chi connectivity index (χ1v) is 8.64. The lowest BCUT2D eigenvalue weighted by Gasteiger charge is -2.20. The third-order valence-corrected chi connectivity index (χ3v) is 4.61. The van der Waals surface area contributed by atoms with Crippen molar-refractivity contribution in [3.8, 4) is 17.4 Å². The molecule has 3 heterocycles. The second-order valence-corrected chi connectivity index (χ2v) is 6.19. The number of carbonyl (C=O) groups is 1. The van der Waals surface area contributed by atoms with Crippen LogP contribution in [0.4, 0.5) is 0 Å². The summed E-state index contributed by atoms with van der Waals surface area (Å²) in [6.45, 7) is 1.54. The Balaban J connectivity index is 1.47. The van der Waals surface area contributed by atoms with Gasteiger partial charge in [-0.15, -0.1) is 0 Å². The minimum Gasteiger partial charge on any atom is -0.481 e. The molecule has 134 valence electrons. The number of nitrogens with zero attached hydrogens (tertiary/aromatic N) is 2. The molecule has 0 spiro atoms. The van der Waals surface area contributed by atoms with E-state index >= 15 is 0 Å². The Morgan fingerprint density at radius 1 is 1.15 bits per heavy atom. The highest BCUT2D eigenvalue weighted by atomic mass is 16.7. The molecule has 0 saturated heterocycles. The topological polar surface area (TPSA) is 60.9 Å². The van der Waals surface area contributed by atoms with Gasteiger partial charge in [0.25, 0.3) is 5.91 Å². The summed E-state index contributed by atoms with van der Waals surface area (Å²) in [6, 6.07) is 11.1. The molecule has 2 aliphatic rings. The van der Waals surface area contributed by atoms with Crippen LogP contribution in [0.1, 0.15) is 28.9 Å². The zero-order chi connectivity index (χ0) is 17.9. The second-order valence-electron chi connectivity index (χ2n) is 6.19. The van der Waals surface area contributed by atoms with Crippen LogP contribution in [0.3, 0.4) is 0 Å². The van der Waals surface area contributed by atoms with Crippen LogP contribution in [-0.4, -0.2) is 42.8 Å². The van der Waals surface area contributed by atoms with Gasteiger partial charge in [0.15, 0.2) is 11.5 Å². The van der Waals surface area contributed by atoms with Crippen LogP contribution in [-0.2, 0) is 0 Å². The van der Waals surface area contributed by atoms with Gasteiger partial charge < -0.3 is 19.1 Å². The van der Waals surface area contributed by atoms with Gasteiger partial charge >= 0.3 is 0 Å². The number of hydrogen-bond acceptors (Lipinski definition) is 5. The number of amides is 1. The van der Waals surface area contributed by atoms with Crippen molar-refractivity contribution in [2.75, 3.05) is 27.0 Å². The molecule has 2 aromatic rings. The van der Waals surface area contributed by atoms with Gasteiger partial charge in [-0.3, -0.25) is 4.79 Å². The van der Waals surface area contributed by atoms with Crippen molar-refractivity contribution >= 4 is 11.5 Å². The second kappa shape index (κ2) is 7.07.